The Kier molecular flexibility index (Phi) is 2.32. The van der Waals surface area contributed by atoms with Gasteiger partial charge in [-0.1, -0.05) is 13.8 Å². The van der Waals surface area contributed by atoms with Crippen LogP contribution < -0.4 is 5.32 Å². The lowest BCUT2D eigenvalue weighted by Gasteiger charge is -2.19. The summed E-state index contributed by atoms with van der Waals surface area (Å²) in [6.07, 6.45) is 1.55. The fraction of sp³-hybridized carbons (Fsp3) is 0.556. The molecule has 0 amide bonds. The maximum atomic E-state index is 12.6. The second kappa shape index (κ2) is 3.07. The molecule has 2 heteroatoms. The number of dihydropyridines is 1. The van der Waals surface area contributed by atoms with Gasteiger partial charge in [0.2, 0.25) is 0 Å². The lowest BCUT2D eigenvalue weighted by Crippen LogP contribution is -2.21. The van der Waals surface area contributed by atoms with E-state index in [4.69, 9.17) is 0 Å². The predicted molar refractivity (Wildman–Crippen MR) is 44.7 cm³/mol. The molecule has 1 N–H and O–H groups in total. The average Bonchev–Trinajstić information content (AvgIpc) is 1.85. The summed E-state index contributed by atoms with van der Waals surface area (Å²) in [4.78, 5) is 0. The van der Waals surface area contributed by atoms with Crippen LogP contribution in [0.2, 0.25) is 0 Å². The van der Waals surface area contributed by atoms with Gasteiger partial charge in [0.25, 0.3) is 0 Å². The van der Waals surface area contributed by atoms with Gasteiger partial charge in [-0.3, -0.25) is 0 Å². The van der Waals surface area contributed by atoms with Crippen molar-refractivity contribution in [2.45, 2.75) is 20.8 Å². The van der Waals surface area contributed by atoms with Gasteiger partial charge in [0.05, 0.1) is 0 Å². The maximum Gasteiger partial charge on any atom is 0.187 e. The standard InChI is InChI=1S/C9H14FN/c1-6(2)8-5-11-9(10)4-7(8)3/h4,6,11H,5H2,1-3H3. The Morgan fingerprint density at radius 3 is 2.64 bits per heavy atom. The van der Waals surface area contributed by atoms with Crippen LogP contribution >= 0.6 is 0 Å². The normalized spacial score (nSPS) is 18.5. The molecule has 0 aromatic heterocycles. The van der Waals surface area contributed by atoms with E-state index in [0.29, 0.717) is 12.5 Å². The van der Waals surface area contributed by atoms with E-state index in [-0.39, 0.29) is 5.95 Å². The molecule has 0 aromatic carbocycles. The molecule has 0 unspecified atom stereocenters. The SMILES string of the molecule is CC1=C(C(C)C)CNC(F)=C1. The van der Waals surface area contributed by atoms with Crippen molar-refractivity contribution in [1.82, 2.24) is 5.32 Å². The second-order valence-electron chi connectivity index (χ2n) is 3.21. The molecule has 1 rings (SSSR count). The van der Waals surface area contributed by atoms with Crippen LogP contribution in [0.4, 0.5) is 4.39 Å². The van der Waals surface area contributed by atoms with Crippen molar-refractivity contribution in [3.63, 3.8) is 0 Å². The van der Waals surface area contributed by atoms with Crippen molar-refractivity contribution >= 4 is 0 Å². The Morgan fingerprint density at radius 1 is 1.55 bits per heavy atom. The summed E-state index contributed by atoms with van der Waals surface area (Å²) >= 11 is 0. The zero-order chi connectivity index (χ0) is 8.43. The maximum absolute atomic E-state index is 12.6. The predicted octanol–water partition coefficient (Wildman–Crippen LogP) is 2.37. The molecule has 11 heavy (non-hydrogen) atoms. The molecule has 0 spiro atoms. The highest BCUT2D eigenvalue weighted by molar-refractivity contribution is 5.31. The highest BCUT2D eigenvalue weighted by Gasteiger charge is 2.11. The third-order valence-electron chi connectivity index (χ3n) is 1.99. The van der Waals surface area contributed by atoms with Crippen LogP contribution in [-0.2, 0) is 0 Å². The van der Waals surface area contributed by atoms with Crippen LogP contribution in [0.1, 0.15) is 20.8 Å². The minimum absolute atomic E-state index is 0.216. The van der Waals surface area contributed by atoms with Crippen molar-refractivity contribution in [2.75, 3.05) is 6.54 Å². The van der Waals surface area contributed by atoms with E-state index in [1.807, 2.05) is 6.92 Å². The lowest BCUT2D eigenvalue weighted by atomic mass is 9.96. The summed E-state index contributed by atoms with van der Waals surface area (Å²) in [5.74, 6) is 0.291. The van der Waals surface area contributed by atoms with Crippen molar-refractivity contribution in [2.24, 2.45) is 5.92 Å². The summed E-state index contributed by atoms with van der Waals surface area (Å²) in [6, 6.07) is 0. The fourth-order valence-electron chi connectivity index (χ4n) is 1.31. The van der Waals surface area contributed by atoms with Crippen molar-refractivity contribution in [3.05, 3.63) is 23.2 Å². The molecule has 0 fully saturated rings. The highest BCUT2D eigenvalue weighted by Crippen LogP contribution is 2.19. The van der Waals surface area contributed by atoms with Gasteiger partial charge in [0.15, 0.2) is 5.95 Å². The fourth-order valence-corrected chi connectivity index (χ4v) is 1.31. The summed E-state index contributed by atoms with van der Waals surface area (Å²) in [5, 5.41) is 2.68. The van der Waals surface area contributed by atoms with Gasteiger partial charge in [-0.05, 0) is 30.1 Å². The zero-order valence-corrected chi connectivity index (χ0v) is 7.24. The van der Waals surface area contributed by atoms with E-state index in [2.05, 4.69) is 19.2 Å². The summed E-state index contributed by atoms with van der Waals surface area (Å²) in [7, 11) is 0. The molecule has 0 aromatic rings. The molecule has 62 valence electrons. The summed E-state index contributed by atoms with van der Waals surface area (Å²) < 4.78 is 12.6. The van der Waals surface area contributed by atoms with Gasteiger partial charge in [-0.15, -0.1) is 0 Å². The van der Waals surface area contributed by atoms with Crippen LogP contribution in [0.3, 0.4) is 0 Å². The van der Waals surface area contributed by atoms with Gasteiger partial charge in [0.1, 0.15) is 0 Å². The van der Waals surface area contributed by atoms with E-state index >= 15 is 0 Å². The van der Waals surface area contributed by atoms with Crippen LogP contribution in [0.5, 0.6) is 0 Å². The first-order chi connectivity index (χ1) is 5.11. The Balaban J connectivity index is 2.86. The largest absolute Gasteiger partial charge is 0.358 e. The first kappa shape index (κ1) is 8.31. The number of allylic oxidation sites excluding steroid dienone is 2. The third-order valence-corrected chi connectivity index (χ3v) is 1.99. The van der Waals surface area contributed by atoms with Crippen molar-refractivity contribution in [1.29, 1.82) is 0 Å². The molecule has 1 nitrogen and oxygen atoms in total. The Morgan fingerprint density at radius 2 is 2.18 bits per heavy atom. The first-order valence-corrected chi connectivity index (χ1v) is 3.92. The number of halogens is 1. The number of hydrogen-bond acceptors (Lipinski definition) is 1. The Labute approximate surface area is 67.0 Å². The molecule has 0 bridgehead atoms. The number of nitrogens with one attached hydrogen (secondary N) is 1. The van der Waals surface area contributed by atoms with E-state index < -0.39 is 0 Å². The molecule has 0 saturated carbocycles. The summed E-state index contributed by atoms with van der Waals surface area (Å²) in [6.45, 7) is 6.86. The van der Waals surface area contributed by atoms with Gasteiger partial charge >= 0.3 is 0 Å². The van der Waals surface area contributed by atoms with Crippen LogP contribution in [-0.4, -0.2) is 6.54 Å². The molecule has 1 aliphatic heterocycles. The molecule has 0 saturated heterocycles. The number of hydrogen-bond donors (Lipinski definition) is 1. The molecular formula is C9H14FN. The van der Waals surface area contributed by atoms with Crippen LogP contribution in [0.25, 0.3) is 0 Å². The minimum atomic E-state index is -0.216. The van der Waals surface area contributed by atoms with E-state index in [1.165, 1.54) is 5.57 Å². The van der Waals surface area contributed by atoms with E-state index in [1.54, 1.807) is 6.08 Å². The first-order valence-electron chi connectivity index (χ1n) is 3.92. The molecule has 0 radical (unpaired) electrons. The second-order valence-corrected chi connectivity index (χ2v) is 3.21. The lowest BCUT2D eigenvalue weighted by molar-refractivity contribution is 0.533. The minimum Gasteiger partial charge on any atom is -0.358 e. The number of rotatable bonds is 1. The molecule has 1 aliphatic rings. The zero-order valence-electron chi connectivity index (χ0n) is 7.24. The smallest absolute Gasteiger partial charge is 0.187 e. The Bertz CT molecular complexity index is 214. The molecule has 0 aliphatic carbocycles. The van der Waals surface area contributed by atoms with Crippen molar-refractivity contribution in [3.8, 4) is 0 Å². The highest BCUT2D eigenvalue weighted by atomic mass is 19.1. The topological polar surface area (TPSA) is 12.0 Å². The molecular weight excluding hydrogens is 141 g/mol. The van der Waals surface area contributed by atoms with E-state index in [0.717, 1.165) is 5.57 Å². The molecule has 1 heterocycles. The van der Waals surface area contributed by atoms with Gasteiger partial charge in [-0.2, -0.15) is 4.39 Å². The van der Waals surface area contributed by atoms with E-state index in [9.17, 15) is 4.39 Å². The van der Waals surface area contributed by atoms with Crippen molar-refractivity contribution < 1.29 is 4.39 Å². The monoisotopic (exact) mass is 155 g/mol. The average molecular weight is 155 g/mol. The van der Waals surface area contributed by atoms with Crippen LogP contribution in [0.15, 0.2) is 23.2 Å². The Hall–Kier alpha value is -0.790. The third kappa shape index (κ3) is 1.82. The summed E-state index contributed by atoms with van der Waals surface area (Å²) in [5.41, 5.74) is 2.36. The quantitative estimate of drug-likeness (QED) is 0.573. The van der Waals surface area contributed by atoms with Crippen LogP contribution in [0, 0.1) is 5.92 Å². The molecule has 0 atom stereocenters. The van der Waals surface area contributed by atoms with Gasteiger partial charge < -0.3 is 5.32 Å². The van der Waals surface area contributed by atoms with Gasteiger partial charge in [-0.25, -0.2) is 0 Å². The van der Waals surface area contributed by atoms with Gasteiger partial charge in [0, 0.05) is 6.54 Å².